The largest absolute Gasteiger partial charge is 0.260 e. The number of anilines is 1. The van der Waals surface area contributed by atoms with Gasteiger partial charge in [0.1, 0.15) is 11.2 Å². The zero-order valence-corrected chi connectivity index (χ0v) is 19.8. The smallest absolute Gasteiger partial charge is 0.158 e. The SMILES string of the molecule is CCC(C)(C)[C@@H]1CCc2sc3ncnc(N/N=C(/C)c4ccc(Br)cc4)c3c2C1. The number of hydrazone groups is 1. The van der Waals surface area contributed by atoms with Crippen LogP contribution in [0.15, 0.2) is 40.2 Å². The molecule has 0 spiro atoms. The molecule has 29 heavy (non-hydrogen) atoms. The van der Waals surface area contributed by atoms with E-state index in [9.17, 15) is 0 Å². The maximum Gasteiger partial charge on any atom is 0.158 e. The van der Waals surface area contributed by atoms with Crippen molar-refractivity contribution < 1.29 is 0 Å². The summed E-state index contributed by atoms with van der Waals surface area (Å²) in [6, 6.07) is 8.18. The summed E-state index contributed by atoms with van der Waals surface area (Å²) in [4.78, 5) is 11.6. The number of rotatable bonds is 5. The Bertz CT molecular complexity index is 1050. The first-order valence-electron chi connectivity index (χ1n) is 10.2. The van der Waals surface area contributed by atoms with Gasteiger partial charge < -0.3 is 0 Å². The standard InChI is InChI=1S/C23H27BrN4S/c1-5-23(3,4)16-8-11-19-18(12-16)20-21(25-13-26-22(20)29-19)28-27-14(2)15-6-9-17(24)10-7-15/h6-7,9-10,13,16H,5,8,11-12H2,1-4H3,(H,25,26,28)/b27-14-/t16-/m1/s1. The molecule has 2 heterocycles. The Hall–Kier alpha value is -1.79. The monoisotopic (exact) mass is 470 g/mol. The summed E-state index contributed by atoms with van der Waals surface area (Å²) in [5.41, 5.74) is 7.04. The van der Waals surface area contributed by atoms with Gasteiger partial charge in [-0.05, 0) is 60.8 Å². The van der Waals surface area contributed by atoms with Crippen molar-refractivity contribution in [2.24, 2.45) is 16.4 Å². The van der Waals surface area contributed by atoms with E-state index in [1.54, 1.807) is 6.33 Å². The van der Waals surface area contributed by atoms with Gasteiger partial charge >= 0.3 is 0 Å². The van der Waals surface area contributed by atoms with Crippen LogP contribution in [0.2, 0.25) is 0 Å². The van der Waals surface area contributed by atoms with Crippen LogP contribution < -0.4 is 5.43 Å². The molecule has 1 aromatic carbocycles. The number of aryl methyl sites for hydroxylation is 1. The maximum absolute atomic E-state index is 4.62. The fraction of sp³-hybridized carbons (Fsp3) is 0.435. The molecule has 0 fully saturated rings. The number of hydrogen-bond acceptors (Lipinski definition) is 5. The van der Waals surface area contributed by atoms with E-state index in [4.69, 9.17) is 0 Å². The zero-order chi connectivity index (χ0) is 20.6. The van der Waals surface area contributed by atoms with Gasteiger partial charge in [0, 0.05) is 9.35 Å². The molecule has 0 saturated heterocycles. The van der Waals surface area contributed by atoms with E-state index in [0.717, 1.165) is 44.6 Å². The van der Waals surface area contributed by atoms with Crippen LogP contribution in [-0.2, 0) is 12.8 Å². The summed E-state index contributed by atoms with van der Waals surface area (Å²) in [7, 11) is 0. The lowest BCUT2D eigenvalue weighted by Crippen LogP contribution is -2.28. The van der Waals surface area contributed by atoms with Gasteiger partial charge in [0.2, 0.25) is 0 Å². The van der Waals surface area contributed by atoms with Gasteiger partial charge in [-0.15, -0.1) is 11.3 Å². The molecule has 0 saturated carbocycles. The van der Waals surface area contributed by atoms with Crippen molar-refractivity contribution in [3.8, 4) is 0 Å². The fourth-order valence-corrected chi connectivity index (χ4v) is 5.49. The van der Waals surface area contributed by atoms with Gasteiger partial charge in [0.25, 0.3) is 0 Å². The summed E-state index contributed by atoms with van der Waals surface area (Å²) in [6.45, 7) is 9.12. The highest BCUT2D eigenvalue weighted by Gasteiger charge is 2.33. The van der Waals surface area contributed by atoms with Crippen LogP contribution in [0.25, 0.3) is 10.2 Å². The normalized spacial score (nSPS) is 17.4. The summed E-state index contributed by atoms with van der Waals surface area (Å²) in [5, 5.41) is 5.79. The van der Waals surface area contributed by atoms with E-state index < -0.39 is 0 Å². The highest BCUT2D eigenvalue weighted by atomic mass is 79.9. The highest BCUT2D eigenvalue weighted by Crippen LogP contribution is 2.45. The second-order valence-corrected chi connectivity index (χ2v) is 10.5. The molecule has 4 rings (SSSR count). The number of hydrogen-bond donors (Lipinski definition) is 1. The Kier molecular flexibility index (Phi) is 5.76. The first-order valence-corrected chi connectivity index (χ1v) is 11.8. The molecule has 3 aromatic rings. The highest BCUT2D eigenvalue weighted by molar-refractivity contribution is 9.10. The molecule has 0 unspecified atom stereocenters. The molecule has 1 atom stereocenters. The van der Waals surface area contributed by atoms with Crippen LogP contribution in [0.1, 0.15) is 56.5 Å². The summed E-state index contributed by atoms with van der Waals surface area (Å²) in [5.74, 6) is 1.51. The van der Waals surface area contributed by atoms with E-state index in [0.29, 0.717) is 11.3 Å². The minimum Gasteiger partial charge on any atom is -0.260 e. The quantitative estimate of drug-likeness (QED) is 0.328. The maximum atomic E-state index is 4.62. The molecule has 1 aliphatic rings. The van der Waals surface area contributed by atoms with E-state index in [1.807, 2.05) is 30.4 Å². The van der Waals surface area contributed by atoms with Crippen LogP contribution in [0.5, 0.6) is 0 Å². The fourth-order valence-electron chi connectivity index (χ4n) is 4.04. The molecule has 2 aromatic heterocycles. The van der Waals surface area contributed by atoms with Gasteiger partial charge in [-0.2, -0.15) is 5.10 Å². The molecule has 1 N–H and O–H groups in total. The molecule has 6 heteroatoms. The molecule has 4 nitrogen and oxygen atoms in total. The predicted octanol–water partition coefficient (Wildman–Crippen LogP) is 6.83. The van der Waals surface area contributed by atoms with Gasteiger partial charge in [0.05, 0.1) is 11.1 Å². The van der Waals surface area contributed by atoms with Crippen molar-refractivity contribution in [1.82, 2.24) is 9.97 Å². The molecule has 152 valence electrons. The van der Waals surface area contributed by atoms with E-state index in [-0.39, 0.29) is 0 Å². The first kappa shape index (κ1) is 20.5. The average molecular weight is 471 g/mol. The number of nitrogens with one attached hydrogen (secondary N) is 1. The van der Waals surface area contributed by atoms with Crippen LogP contribution in [0.4, 0.5) is 5.82 Å². The Morgan fingerprint density at radius 2 is 2.03 bits per heavy atom. The number of nitrogens with zero attached hydrogens (tertiary/aromatic N) is 3. The summed E-state index contributed by atoms with van der Waals surface area (Å²) >= 11 is 5.30. The Morgan fingerprint density at radius 1 is 1.28 bits per heavy atom. The second kappa shape index (κ2) is 8.15. The number of thiophene rings is 1. The van der Waals surface area contributed by atoms with E-state index in [1.165, 1.54) is 23.3 Å². The van der Waals surface area contributed by atoms with E-state index in [2.05, 4.69) is 69.3 Å². The van der Waals surface area contributed by atoms with E-state index >= 15 is 0 Å². The third-order valence-electron chi connectivity index (χ3n) is 6.45. The summed E-state index contributed by atoms with van der Waals surface area (Å²) in [6.07, 6.45) is 6.36. The van der Waals surface area contributed by atoms with Crippen molar-refractivity contribution in [2.75, 3.05) is 5.43 Å². The lowest BCUT2D eigenvalue weighted by molar-refractivity contribution is 0.184. The van der Waals surface area contributed by atoms with Gasteiger partial charge in [0.15, 0.2) is 5.82 Å². The topological polar surface area (TPSA) is 50.2 Å². The van der Waals surface area contributed by atoms with Crippen molar-refractivity contribution in [3.63, 3.8) is 0 Å². The zero-order valence-electron chi connectivity index (χ0n) is 17.4. The Balaban J connectivity index is 1.67. The molecule has 0 aliphatic heterocycles. The van der Waals surface area contributed by atoms with Gasteiger partial charge in [-0.3, -0.25) is 5.43 Å². The number of fused-ring (bicyclic) bond motifs is 3. The number of halogens is 1. The summed E-state index contributed by atoms with van der Waals surface area (Å²) < 4.78 is 1.06. The van der Waals surface area contributed by atoms with Crippen molar-refractivity contribution >= 4 is 49.0 Å². The number of benzene rings is 1. The molecule has 0 amide bonds. The first-order chi connectivity index (χ1) is 13.9. The van der Waals surface area contributed by atoms with Crippen molar-refractivity contribution in [1.29, 1.82) is 0 Å². The predicted molar refractivity (Wildman–Crippen MR) is 127 cm³/mol. The van der Waals surface area contributed by atoms with Crippen LogP contribution in [-0.4, -0.2) is 15.7 Å². The molecule has 0 radical (unpaired) electrons. The average Bonchev–Trinajstić information content (AvgIpc) is 3.11. The second-order valence-electron chi connectivity index (χ2n) is 8.50. The van der Waals surface area contributed by atoms with Gasteiger partial charge in [-0.25, -0.2) is 9.97 Å². The van der Waals surface area contributed by atoms with Crippen LogP contribution in [0.3, 0.4) is 0 Å². The Morgan fingerprint density at radius 3 is 2.76 bits per heavy atom. The third-order valence-corrected chi connectivity index (χ3v) is 8.18. The molecule has 1 aliphatic carbocycles. The Labute approximate surface area is 185 Å². The minimum absolute atomic E-state index is 0.353. The van der Waals surface area contributed by atoms with Crippen molar-refractivity contribution in [3.05, 3.63) is 51.1 Å². The third kappa shape index (κ3) is 4.10. The van der Waals surface area contributed by atoms with Crippen molar-refractivity contribution in [2.45, 2.75) is 53.4 Å². The van der Waals surface area contributed by atoms with Crippen LogP contribution >= 0.6 is 27.3 Å². The molecular formula is C23H27BrN4S. The molecular weight excluding hydrogens is 444 g/mol. The lowest BCUT2D eigenvalue weighted by atomic mass is 9.69. The lowest BCUT2D eigenvalue weighted by Gasteiger charge is -2.36. The van der Waals surface area contributed by atoms with Crippen LogP contribution in [0, 0.1) is 11.3 Å². The molecule has 0 bridgehead atoms. The number of aromatic nitrogens is 2. The minimum atomic E-state index is 0.353. The van der Waals surface area contributed by atoms with Gasteiger partial charge in [-0.1, -0.05) is 55.3 Å².